The molecule has 1 saturated heterocycles. The normalized spacial score (nSPS) is 15.3. The molecule has 1 amide bonds. The number of amides is 1. The number of sulfonamides is 1. The van der Waals surface area contributed by atoms with Gasteiger partial charge in [0.25, 0.3) is 0 Å². The van der Waals surface area contributed by atoms with E-state index in [1.54, 1.807) is 53.2 Å². The number of ether oxygens (including phenoxy) is 1. The number of methoxy groups -OCH3 is 1. The summed E-state index contributed by atoms with van der Waals surface area (Å²) in [7, 11) is -0.467. The number of nitrogens with zero attached hydrogens (tertiary/aromatic N) is 3. The summed E-state index contributed by atoms with van der Waals surface area (Å²) < 4.78 is 36.1. The van der Waals surface area contributed by atoms with E-state index in [0.717, 1.165) is 12.0 Å². The van der Waals surface area contributed by atoms with Gasteiger partial charge >= 0.3 is 0 Å². The molecule has 0 spiro atoms. The fourth-order valence-corrected chi connectivity index (χ4v) is 4.85. The van der Waals surface area contributed by atoms with Gasteiger partial charge in [0.15, 0.2) is 0 Å². The van der Waals surface area contributed by atoms with Gasteiger partial charge in [-0.15, -0.1) is 0 Å². The lowest BCUT2D eigenvalue weighted by molar-refractivity contribution is -0.117. The summed E-state index contributed by atoms with van der Waals surface area (Å²) in [6.07, 6.45) is 4.73. The number of carbonyl (C=O) groups excluding carboxylic acids is 1. The zero-order chi connectivity index (χ0) is 22.0. The van der Waals surface area contributed by atoms with E-state index >= 15 is 0 Å². The van der Waals surface area contributed by atoms with Gasteiger partial charge in [-0.1, -0.05) is 12.1 Å². The fraction of sp³-hybridized carbons (Fsp3) is 0.273. The number of hydrogen-bond acceptors (Lipinski definition) is 5. The van der Waals surface area contributed by atoms with Crippen LogP contribution in [0.15, 0.2) is 65.8 Å². The Bertz CT molecular complexity index is 1170. The van der Waals surface area contributed by atoms with E-state index in [4.69, 9.17) is 4.74 Å². The monoisotopic (exact) mass is 440 g/mol. The third-order valence-electron chi connectivity index (χ3n) is 5.37. The number of rotatable bonds is 7. The van der Waals surface area contributed by atoms with E-state index in [9.17, 15) is 13.2 Å². The van der Waals surface area contributed by atoms with Crippen LogP contribution in [0.25, 0.3) is 0 Å². The molecule has 0 aliphatic carbocycles. The van der Waals surface area contributed by atoms with Crippen LogP contribution in [0.4, 0.5) is 5.69 Å². The predicted octanol–water partition coefficient (Wildman–Crippen LogP) is 2.62. The van der Waals surface area contributed by atoms with E-state index < -0.39 is 16.1 Å². The van der Waals surface area contributed by atoms with Gasteiger partial charge in [-0.2, -0.15) is 4.72 Å². The van der Waals surface area contributed by atoms with Crippen molar-refractivity contribution in [3.63, 3.8) is 0 Å². The highest BCUT2D eigenvalue weighted by atomic mass is 32.2. The largest absolute Gasteiger partial charge is 0.497 e. The maximum Gasteiger partial charge on any atom is 0.241 e. The first-order chi connectivity index (χ1) is 14.9. The standard InChI is InChI=1S/C22H24N4O4S/c1-25-15-13-23-22(25)21(16-5-9-18(30-2)10-6-16)24-31(28,29)19-11-7-17(8-12-19)26-14-3-4-20(26)27/h5-13,15,21,24H,3-4,14H2,1-2H3/t21-/m0/s1. The smallest absolute Gasteiger partial charge is 0.241 e. The lowest BCUT2D eigenvalue weighted by Crippen LogP contribution is -2.31. The van der Waals surface area contributed by atoms with E-state index in [-0.39, 0.29) is 10.8 Å². The molecular formula is C22H24N4O4S. The van der Waals surface area contributed by atoms with E-state index in [0.29, 0.717) is 30.2 Å². The Labute approximate surface area is 181 Å². The van der Waals surface area contributed by atoms with Crippen molar-refractivity contribution in [2.24, 2.45) is 7.05 Å². The van der Waals surface area contributed by atoms with E-state index in [1.807, 2.05) is 19.2 Å². The molecule has 8 nitrogen and oxygen atoms in total. The second-order valence-electron chi connectivity index (χ2n) is 7.37. The van der Waals surface area contributed by atoms with Gasteiger partial charge in [-0.25, -0.2) is 13.4 Å². The Morgan fingerprint density at radius 3 is 2.35 bits per heavy atom. The fourth-order valence-electron chi connectivity index (χ4n) is 3.67. The summed E-state index contributed by atoms with van der Waals surface area (Å²) in [6, 6.07) is 12.9. The van der Waals surface area contributed by atoms with Crippen molar-refractivity contribution in [2.75, 3.05) is 18.6 Å². The number of anilines is 1. The van der Waals surface area contributed by atoms with Gasteiger partial charge in [0.05, 0.1) is 12.0 Å². The topological polar surface area (TPSA) is 93.5 Å². The molecule has 1 aromatic heterocycles. The molecule has 4 rings (SSSR count). The first kappa shape index (κ1) is 21.1. The first-order valence-electron chi connectivity index (χ1n) is 9.93. The third kappa shape index (κ3) is 4.33. The van der Waals surface area contributed by atoms with Crippen molar-refractivity contribution in [2.45, 2.75) is 23.8 Å². The molecule has 1 aliphatic heterocycles. The second-order valence-corrected chi connectivity index (χ2v) is 9.08. The van der Waals surface area contributed by atoms with Gasteiger partial charge in [0.1, 0.15) is 17.6 Å². The van der Waals surface area contributed by atoms with Crippen LogP contribution >= 0.6 is 0 Å². The average Bonchev–Trinajstić information content (AvgIpc) is 3.40. The minimum Gasteiger partial charge on any atom is -0.497 e. The van der Waals surface area contributed by atoms with Crippen molar-refractivity contribution in [1.29, 1.82) is 0 Å². The number of aryl methyl sites for hydroxylation is 1. The van der Waals surface area contributed by atoms with Crippen LogP contribution in [-0.4, -0.2) is 37.5 Å². The van der Waals surface area contributed by atoms with Crippen LogP contribution in [0, 0.1) is 0 Å². The number of imidazole rings is 1. The summed E-state index contributed by atoms with van der Waals surface area (Å²) in [5.41, 5.74) is 1.44. The van der Waals surface area contributed by atoms with Crippen molar-refractivity contribution in [3.05, 3.63) is 72.3 Å². The van der Waals surface area contributed by atoms with Gasteiger partial charge in [-0.05, 0) is 48.4 Å². The highest BCUT2D eigenvalue weighted by Gasteiger charge is 2.27. The molecule has 1 N–H and O–H groups in total. The van der Waals surface area contributed by atoms with Crippen LogP contribution in [0.3, 0.4) is 0 Å². The molecule has 0 saturated carbocycles. The van der Waals surface area contributed by atoms with Gasteiger partial charge in [-0.3, -0.25) is 4.79 Å². The molecule has 1 atom stereocenters. The van der Waals surface area contributed by atoms with Crippen LogP contribution in [0.1, 0.15) is 30.3 Å². The van der Waals surface area contributed by atoms with Crippen molar-refractivity contribution in [3.8, 4) is 5.75 Å². The Morgan fingerprint density at radius 2 is 1.81 bits per heavy atom. The predicted molar refractivity (Wildman–Crippen MR) is 116 cm³/mol. The molecule has 1 aliphatic rings. The Kier molecular flexibility index (Phi) is 5.79. The SMILES string of the molecule is COc1ccc([C@H](NS(=O)(=O)c2ccc(N3CCCC3=O)cc2)c2nccn2C)cc1. The minimum absolute atomic E-state index is 0.0584. The number of aromatic nitrogens is 2. The molecule has 3 aromatic rings. The molecule has 162 valence electrons. The zero-order valence-corrected chi connectivity index (χ0v) is 18.2. The van der Waals surface area contributed by atoms with Crippen molar-refractivity contribution < 1.29 is 17.9 Å². The first-order valence-corrected chi connectivity index (χ1v) is 11.4. The molecule has 1 fully saturated rings. The van der Waals surface area contributed by atoms with Crippen LogP contribution in [0.2, 0.25) is 0 Å². The third-order valence-corrected chi connectivity index (χ3v) is 6.81. The molecule has 0 bridgehead atoms. The summed E-state index contributed by atoms with van der Waals surface area (Å²) >= 11 is 0. The second kappa shape index (κ2) is 8.52. The molecule has 0 radical (unpaired) electrons. The Morgan fingerprint density at radius 1 is 1.10 bits per heavy atom. The number of benzene rings is 2. The molecule has 0 unspecified atom stereocenters. The number of hydrogen-bond donors (Lipinski definition) is 1. The Balaban J connectivity index is 1.63. The number of nitrogens with one attached hydrogen (secondary N) is 1. The van der Waals surface area contributed by atoms with Crippen LogP contribution in [-0.2, 0) is 21.9 Å². The lowest BCUT2D eigenvalue weighted by atomic mass is 10.1. The van der Waals surface area contributed by atoms with E-state index in [2.05, 4.69) is 9.71 Å². The molecule has 31 heavy (non-hydrogen) atoms. The summed E-state index contributed by atoms with van der Waals surface area (Å²) in [4.78, 5) is 18.1. The van der Waals surface area contributed by atoms with Crippen LogP contribution in [0.5, 0.6) is 5.75 Å². The van der Waals surface area contributed by atoms with Gasteiger partial charge < -0.3 is 14.2 Å². The van der Waals surface area contributed by atoms with Crippen LogP contribution < -0.4 is 14.4 Å². The maximum atomic E-state index is 13.2. The quantitative estimate of drug-likeness (QED) is 0.610. The van der Waals surface area contributed by atoms with Crippen molar-refractivity contribution >= 4 is 21.6 Å². The van der Waals surface area contributed by atoms with E-state index in [1.165, 1.54) is 12.1 Å². The summed E-state index contributed by atoms with van der Waals surface area (Å²) in [5.74, 6) is 1.30. The Hall–Kier alpha value is -3.17. The minimum atomic E-state index is -3.86. The molecular weight excluding hydrogens is 416 g/mol. The van der Waals surface area contributed by atoms with Gasteiger partial charge in [0, 0.05) is 38.1 Å². The molecule has 2 heterocycles. The summed E-state index contributed by atoms with van der Waals surface area (Å²) in [5, 5.41) is 0. The van der Waals surface area contributed by atoms with Crippen molar-refractivity contribution in [1.82, 2.24) is 14.3 Å². The highest BCUT2D eigenvalue weighted by Crippen LogP contribution is 2.27. The van der Waals surface area contributed by atoms with Gasteiger partial charge in [0.2, 0.25) is 15.9 Å². The zero-order valence-electron chi connectivity index (χ0n) is 17.4. The number of carbonyl (C=O) groups is 1. The maximum absolute atomic E-state index is 13.2. The molecule has 2 aromatic carbocycles. The highest BCUT2D eigenvalue weighted by molar-refractivity contribution is 7.89. The lowest BCUT2D eigenvalue weighted by Gasteiger charge is -2.20. The average molecular weight is 441 g/mol. The molecule has 9 heteroatoms. The summed E-state index contributed by atoms with van der Waals surface area (Å²) in [6.45, 7) is 0.655.